The molecule has 0 radical (unpaired) electrons. The number of fused-ring (bicyclic) bond motifs is 2. The number of imide groups is 1. The molecular formula is C47H49N7O7. The Bertz CT molecular complexity index is 2460. The minimum Gasteiger partial charge on any atom is -0.330 e. The molecule has 3 aliphatic rings. The summed E-state index contributed by atoms with van der Waals surface area (Å²) >= 11 is 0. The third kappa shape index (κ3) is 8.93. The van der Waals surface area contributed by atoms with Crippen molar-refractivity contribution in [1.29, 1.82) is 0 Å². The molecule has 61 heavy (non-hydrogen) atoms. The molecule has 0 spiro atoms. The predicted octanol–water partition coefficient (Wildman–Crippen LogP) is 6.20. The lowest BCUT2D eigenvalue weighted by atomic mass is 9.92. The first-order valence-electron chi connectivity index (χ1n) is 20.6. The van der Waals surface area contributed by atoms with Crippen LogP contribution in [0.2, 0.25) is 0 Å². The third-order valence-corrected chi connectivity index (χ3v) is 11.6. The predicted molar refractivity (Wildman–Crippen MR) is 227 cm³/mol. The van der Waals surface area contributed by atoms with Crippen LogP contribution in [0, 0.1) is 11.8 Å². The average Bonchev–Trinajstić information content (AvgIpc) is 3.85. The van der Waals surface area contributed by atoms with Crippen molar-refractivity contribution >= 4 is 46.9 Å². The molecule has 1 saturated carbocycles. The standard InChI is InChI=1S/C47H49N7O7/c1-47(2)41-35(27-53(47)46(61)48-36(28-52(3)4)29-14-10-8-11-15-29)42(51-50-41)49-43(58)32-22-20-30(21-23-32)38(56)19-12-7-5-6-9-16-31-17-13-18-34-40(31)45(60)54(44(34)59)37-25-24-33(55)26-39(37)57/h8,10-11,13-15,17-18,20-23,36-37H,5-7,12,19,24-28H2,1-4H3,(H,48,61)(H2,49,50,51,58)/t36-,37?/m1/s1. The van der Waals surface area contributed by atoms with Crippen LogP contribution >= 0.6 is 0 Å². The van der Waals surface area contributed by atoms with Crippen LogP contribution in [-0.4, -0.2) is 92.7 Å². The number of Topliss-reactive ketones (excluding diaryl/α,β-unsaturated/α-hetero) is 3. The van der Waals surface area contributed by atoms with Gasteiger partial charge in [-0.25, -0.2) is 4.79 Å². The van der Waals surface area contributed by atoms with Gasteiger partial charge in [0.05, 0.1) is 47.4 Å². The summed E-state index contributed by atoms with van der Waals surface area (Å²) in [6.45, 7) is 4.74. The molecule has 1 aliphatic carbocycles. The second-order valence-corrected chi connectivity index (χ2v) is 16.5. The Morgan fingerprint density at radius 1 is 0.918 bits per heavy atom. The first-order chi connectivity index (χ1) is 29.2. The zero-order chi connectivity index (χ0) is 43.4. The van der Waals surface area contributed by atoms with Crippen molar-refractivity contribution in [2.45, 2.75) is 89.4 Å². The lowest BCUT2D eigenvalue weighted by Crippen LogP contribution is -2.48. The molecule has 14 nitrogen and oxygen atoms in total. The van der Waals surface area contributed by atoms with Gasteiger partial charge in [-0.15, -0.1) is 0 Å². The van der Waals surface area contributed by atoms with Gasteiger partial charge in [0.2, 0.25) is 0 Å². The molecule has 7 rings (SSSR count). The molecule has 0 saturated heterocycles. The van der Waals surface area contributed by atoms with E-state index in [1.54, 1.807) is 47.4 Å². The maximum absolute atomic E-state index is 13.7. The Labute approximate surface area is 354 Å². The van der Waals surface area contributed by atoms with Gasteiger partial charge >= 0.3 is 6.03 Å². The number of carbonyl (C=O) groups excluding carboxylic acids is 7. The molecule has 14 heteroatoms. The molecular weight excluding hydrogens is 775 g/mol. The van der Waals surface area contributed by atoms with E-state index in [-0.39, 0.29) is 60.6 Å². The van der Waals surface area contributed by atoms with E-state index < -0.39 is 35.1 Å². The first-order valence-corrected chi connectivity index (χ1v) is 20.6. The Kier molecular flexibility index (Phi) is 12.4. The Morgan fingerprint density at radius 3 is 2.38 bits per heavy atom. The summed E-state index contributed by atoms with van der Waals surface area (Å²) in [5.74, 6) is 4.30. The van der Waals surface area contributed by atoms with Gasteiger partial charge in [0.1, 0.15) is 5.78 Å². The topological polar surface area (TPSA) is 182 Å². The number of hydrogen-bond acceptors (Lipinski definition) is 9. The number of likely N-dealkylation sites (N-methyl/N-ethyl adjacent to an activating group) is 1. The fourth-order valence-corrected chi connectivity index (χ4v) is 8.24. The molecule has 2 atom stereocenters. The number of anilines is 1. The zero-order valence-electron chi connectivity index (χ0n) is 34.8. The van der Waals surface area contributed by atoms with Gasteiger partial charge in [0.25, 0.3) is 17.7 Å². The van der Waals surface area contributed by atoms with Gasteiger partial charge in [-0.05, 0) is 77.0 Å². The molecule has 2 aliphatic heterocycles. The SMILES string of the molecule is CN(C)C[C@@H](NC(=O)N1Cc2c(NC(=O)c3ccc(C(=O)CCCCCC#Cc4cccc5c4C(=O)N(C4CCC(=O)CC4=O)C5=O)cc3)n[nH]c2C1(C)C)c1ccccc1. The number of aromatic nitrogens is 2. The Balaban J connectivity index is 0.878. The smallest absolute Gasteiger partial charge is 0.319 e. The number of ketones is 3. The number of amides is 5. The van der Waals surface area contributed by atoms with Gasteiger partial charge < -0.3 is 20.4 Å². The second kappa shape index (κ2) is 17.9. The summed E-state index contributed by atoms with van der Waals surface area (Å²) in [7, 11) is 3.92. The van der Waals surface area contributed by atoms with Crippen LogP contribution in [-0.2, 0) is 21.7 Å². The van der Waals surface area contributed by atoms with Crippen molar-refractivity contribution in [3.63, 3.8) is 0 Å². The quantitative estimate of drug-likeness (QED) is 0.0465. The van der Waals surface area contributed by atoms with E-state index in [2.05, 4.69) is 32.7 Å². The molecule has 1 fully saturated rings. The lowest BCUT2D eigenvalue weighted by molar-refractivity contribution is -0.132. The maximum atomic E-state index is 13.7. The molecule has 3 aromatic carbocycles. The highest BCUT2D eigenvalue weighted by Crippen LogP contribution is 2.41. The normalized spacial score (nSPS) is 17.2. The summed E-state index contributed by atoms with van der Waals surface area (Å²) in [6, 6.07) is 19.8. The Morgan fingerprint density at radius 2 is 1.66 bits per heavy atom. The molecule has 5 amide bonds. The van der Waals surface area contributed by atoms with Crippen LogP contribution in [0.3, 0.4) is 0 Å². The maximum Gasteiger partial charge on any atom is 0.319 e. The summed E-state index contributed by atoms with van der Waals surface area (Å²) < 4.78 is 0. The third-order valence-electron chi connectivity index (χ3n) is 11.6. The van der Waals surface area contributed by atoms with E-state index in [4.69, 9.17) is 0 Å². The van der Waals surface area contributed by atoms with E-state index >= 15 is 0 Å². The Hall–Kier alpha value is -6.72. The largest absolute Gasteiger partial charge is 0.330 e. The number of rotatable bonds is 13. The summed E-state index contributed by atoms with van der Waals surface area (Å²) in [5.41, 5.74) is 3.42. The van der Waals surface area contributed by atoms with Gasteiger partial charge in [0, 0.05) is 48.1 Å². The van der Waals surface area contributed by atoms with Crippen molar-refractivity contribution in [2.75, 3.05) is 26.0 Å². The number of unbranched alkanes of at least 4 members (excludes halogenated alkanes) is 3. The second-order valence-electron chi connectivity index (χ2n) is 16.5. The average molecular weight is 824 g/mol. The molecule has 0 bridgehead atoms. The zero-order valence-corrected chi connectivity index (χ0v) is 34.8. The summed E-state index contributed by atoms with van der Waals surface area (Å²) in [4.78, 5) is 95.4. The number of aromatic amines is 1. The summed E-state index contributed by atoms with van der Waals surface area (Å²) in [6.07, 6.45) is 2.97. The molecule has 4 aromatic rings. The van der Waals surface area contributed by atoms with E-state index in [0.717, 1.165) is 34.6 Å². The van der Waals surface area contributed by atoms with Crippen LogP contribution in [0.15, 0.2) is 72.8 Å². The number of benzene rings is 3. The van der Waals surface area contributed by atoms with Crippen LogP contribution in [0.1, 0.15) is 135 Å². The number of hydrogen-bond donors (Lipinski definition) is 3. The van der Waals surface area contributed by atoms with Crippen molar-refractivity contribution in [2.24, 2.45) is 0 Å². The van der Waals surface area contributed by atoms with E-state index in [1.807, 2.05) is 63.2 Å². The number of nitrogens with one attached hydrogen (secondary N) is 3. The lowest BCUT2D eigenvalue weighted by Gasteiger charge is -2.34. The van der Waals surface area contributed by atoms with E-state index in [1.165, 1.54) is 0 Å². The highest BCUT2D eigenvalue weighted by Gasteiger charge is 2.46. The molecule has 1 unspecified atom stereocenters. The van der Waals surface area contributed by atoms with Gasteiger partial charge in [-0.3, -0.25) is 38.8 Å². The fraction of sp³-hybridized carbons (Fsp3) is 0.362. The molecule has 3 heterocycles. The highest BCUT2D eigenvalue weighted by atomic mass is 16.2. The van der Waals surface area contributed by atoms with Gasteiger partial charge in [-0.2, -0.15) is 5.10 Å². The van der Waals surface area contributed by atoms with E-state index in [0.29, 0.717) is 48.3 Å². The molecule has 3 N–H and O–H groups in total. The van der Waals surface area contributed by atoms with Crippen LogP contribution in [0.5, 0.6) is 0 Å². The first kappa shape index (κ1) is 42.4. The minimum atomic E-state index is -0.934. The van der Waals surface area contributed by atoms with Crippen molar-refractivity contribution < 1.29 is 33.6 Å². The minimum absolute atomic E-state index is 0.0442. The number of nitrogens with zero attached hydrogens (tertiary/aromatic N) is 4. The monoisotopic (exact) mass is 823 g/mol. The van der Waals surface area contributed by atoms with Crippen LogP contribution < -0.4 is 10.6 Å². The van der Waals surface area contributed by atoms with Crippen molar-refractivity contribution in [3.8, 4) is 11.8 Å². The molecule has 314 valence electrons. The van der Waals surface area contributed by atoms with Gasteiger partial charge in [-0.1, -0.05) is 66.8 Å². The number of urea groups is 1. The van der Waals surface area contributed by atoms with Crippen LogP contribution in [0.25, 0.3) is 0 Å². The highest BCUT2D eigenvalue weighted by molar-refractivity contribution is 6.24. The number of H-pyrrole nitrogens is 1. The van der Waals surface area contributed by atoms with Gasteiger partial charge in [0.15, 0.2) is 17.4 Å². The molecule has 1 aromatic heterocycles. The fourth-order valence-electron chi connectivity index (χ4n) is 8.24. The number of carbonyl (C=O) groups is 7. The summed E-state index contributed by atoms with van der Waals surface area (Å²) in [5, 5.41) is 13.5. The van der Waals surface area contributed by atoms with Crippen molar-refractivity contribution in [1.82, 2.24) is 30.2 Å². The van der Waals surface area contributed by atoms with Crippen molar-refractivity contribution in [3.05, 3.63) is 117 Å². The van der Waals surface area contributed by atoms with E-state index in [9.17, 15) is 33.6 Å². The van der Waals surface area contributed by atoms with Crippen LogP contribution in [0.4, 0.5) is 10.6 Å².